The van der Waals surface area contributed by atoms with Gasteiger partial charge in [0.05, 0.1) is 10.1 Å². The van der Waals surface area contributed by atoms with Crippen LogP contribution in [0.4, 0.5) is 24.5 Å². The first-order chi connectivity index (χ1) is 25.5. The summed E-state index contributed by atoms with van der Waals surface area (Å²) in [6.45, 7) is 11.7. The second-order valence-electron chi connectivity index (χ2n) is 15.3. The van der Waals surface area contributed by atoms with Crippen molar-refractivity contribution in [1.29, 1.82) is 0 Å². The van der Waals surface area contributed by atoms with E-state index in [1.54, 1.807) is 12.2 Å². The van der Waals surface area contributed by atoms with E-state index >= 15 is 0 Å². The molecule has 2 heterocycles. The van der Waals surface area contributed by atoms with Gasteiger partial charge in [0.25, 0.3) is 0 Å². The smallest absolute Gasteiger partial charge is 0.560 e. The SMILES string of the molecule is CCCCCN1C(=CC=C2CC/C(=C\C=C3\N(CCCCS(=O)(=O)[O-])c4ccc(I)cc4C3(C)C)C2=[N+](C)S(=O)(=O)C(F)(F)F)C(C)(C)c2cc(I)ccc21. The third kappa shape index (κ3) is 9.09. The Morgan fingerprint density at radius 3 is 1.60 bits per heavy atom. The van der Waals surface area contributed by atoms with Crippen molar-refractivity contribution in [2.45, 2.75) is 95.9 Å². The summed E-state index contributed by atoms with van der Waals surface area (Å²) in [5, 5.41) is 0. The molecule has 1 fully saturated rings. The Morgan fingerprint density at radius 1 is 0.764 bits per heavy atom. The summed E-state index contributed by atoms with van der Waals surface area (Å²) in [6.07, 6.45) is 11.6. The Kier molecular flexibility index (Phi) is 13.2. The molecule has 0 spiro atoms. The summed E-state index contributed by atoms with van der Waals surface area (Å²) in [7, 11) is -9.13. The maximum absolute atomic E-state index is 14.1. The van der Waals surface area contributed by atoms with Crippen LogP contribution in [0.2, 0.25) is 0 Å². The molecule has 1 aliphatic carbocycles. The van der Waals surface area contributed by atoms with E-state index in [1.165, 1.54) is 0 Å². The highest BCUT2D eigenvalue weighted by molar-refractivity contribution is 14.1. The number of nitrogens with zero attached hydrogens (tertiary/aromatic N) is 3. The zero-order chi connectivity index (χ0) is 40.7. The second kappa shape index (κ2) is 16.6. The fraction of sp³-hybridized carbons (Fsp3) is 0.475. The van der Waals surface area contributed by atoms with Crippen LogP contribution >= 0.6 is 45.2 Å². The van der Waals surface area contributed by atoms with Crippen LogP contribution in [0.15, 0.2) is 83.2 Å². The summed E-state index contributed by atoms with van der Waals surface area (Å²) < 4.78 is 105. The lowest BCUT2D eigenvalue weighted by Gasteiger charge is -2.27. The molecule has 5 rings (SSSR count). The number of unbranched alkanes of at least 4 members (excludes halogenated alkanes) is 3. The van der Waals surface area contributed by atoms with Crippen molar-refractivity contribution < 1.29 is 38.5 Å². The van der Waals surface area contributed by atoms with Crippen molar-refractivity contribution in [3.8, 4) is 0 Å². The average Bonchev–Trinajstić information content (AvgIpc) is 3.64. The second-order valence-corrected chi connectivity index (χ2v) is 21.3. The number of fused-ring (bicyclic) bond motifs is 2. The topological polar surface area (TPSA) is 101 Å². The molecular weight excluding hydrogens is 977 g/mol. The summed E-state index contributed by atoms with van der Waals surface area (Å²) >= 11 is 4.54. The van der Waals surface area contributed by atoms with Crippen molar-refractivity contribution in [3.05, 3.63) is 102 Å². The predicted octanol–water partition coefficient (Wildman–Crippen LogP) is 9.65. The number of benzene rings is 2. The molecular formula is C40H48F3I2N3O5S2. The van der Waals surface area contributed by atoms with Crippen molar-refractivity contribution in [3.63, 3.8) is 0 Å². The first kappa shape index (κ1) is 43.9. The lowest BCUT2D eigenvalue weighted by atomic mass is 9.83. The van der Waals surface area contributed by atoms with E-state index in [4.69, 9.17) is 0 Å². The molecule has 2 aliphatic heterocycles. The highest BCUT2D eigenvalue weighted by Gasteiger charge is 2.55. The zero-order valence-electron chi connectivity index (χ0n) is 31.9. The third-order valence-electron chi connectivity index (χ3n) is 10.8. The van der Waals surface area contributed by atoms with Crippen molar-refractivity contribution in [2.75, 3.05) is 35.7 Å². The van der Waals surface area contributed by atoms with E-state index in [0.717, 1.165) is 73.9 Å². The molecule has 2 aromatic rings. The standard InChI is InChI=1S/C40H48F3I2N3O5S2/c1-7-8-9-22-47-33-18-16-29(44)25-31(33)38(2,3)35(47)20-14-27-12-13-28(37(27)46(6)55(52,53)40(41,42)43)15-21-36-39(4,5)32-26-30(45)17-19-34(32)48(36)23-10-11-24-54(49,50)51/h14-21,25-26H,7-13,22-24H2,1-6H3. The minimum Gasteiger partial charge on any atom is -0.748 e. The van der Waals surface area contributed by atoms with Gasteiger partial charge in [-0.25, -0.2) is 8.42 Å². The van der Waals surface area contributed by atoms with Gasteiger partial charge < -0.3 is 14.4 Å². The third-order valence-corrected chi connectivity index (χ3v) is 14.5. The Balaban J connectivity index is 1.63. The Bertz CT molecular complexity index is 2220. The number of alkyl halides is 3. The molecule has 1 saturated carbocycles. The molecule has 0 atom stereocenters. The number of sulfonamides is 1. The monoisotopic (exact) mass is 1030 g/mol. The van der Waals surface area contributed by atoms with Gasteiger partial charge >= 0.3 is 15.5 Å². The number of hydrogen-bond donors (Lipinski definition) is 0. The predicted molar refractivity (Wildman–Crippen MR) is 230 cm³/mol. The van der Waals surface area contributed by atoms with Crippen molar-refractivity contribution in [2.24, 2.45) is 0 Å². The van der Waals surface area contributed by atoms with Gasteiger partial charge in [-0.15, -0.1) is 3.98 Å². The largest absolute Gasteiger partial charge is 0.748 e. The van der Waals surface area contributed by atoms with Crippen molar-refractivity contribution in [1.82, 2.24) is 0 Å². The molecule has 8 nitrogen and oxygen atoms in total. The minimum absolute atomic E-state index is 0.00138. The van der Waals surface area contributed by atoms with Gasteiger partial charge in [-0.05, 0) is 137 Å². The van der Waals surface area contributed by atoms with Gasteiger partial charge in [0, 0.05) is 70.7 Å². The molecule has 2 aromatic carbocycles. The molecule has 0 bridgehead atoms. The summed E-state index contributed by atoms with van der Waals surface area (Å²) in [5.41, 5.74) is 0.495. The summed E-state index contributed by atoms with van der Waals surface area (Å²) in [4.78, 5) is 4.34. The van der Waals surface area contributed by atoms with Crippen LogP contribution in [-0.4, -0.2) is 62.5 Å². The molecule has 0 amide bonds. The van der Waals surface area contributed by atoms with Gasteiger partial charge in [-0.1, -0.05) is 59.6 Å². The van der Waals surface area contributed by atoms with E-state index in [-0.39, 0.29) is 12.1 Å². The quantitative estimate of drug-likeness (QED) is 0.0904. The molecule has 15 heteroatoms. The highest BCUT2D eigenvalue weighted by Crippen LogP contribution is 2.50. The molecule has 3 aliphatic rings. The first-order valence-corrected chi connectivity index (χ1v) is 23.5. The number of halogens is 5. The Labute approximate surface area is 351 Å². The number of anilines is 2. The fourth-order valence-electron chi connectivity index (χ4n) is 7.92. The molecule has 0 N–H and O–H groups in total. The van der Waals surface area contributed by atoms with Gasteiger partial charge in [-0.2, -0.15) is 21.6 Å². The molecule has 0 aromatic heterocycles. The van der Waals surface area contributed by atoms with E-state index in [9.17, 15) is 34.6 Å². The van der Waals surface area contributed by atoms with Crippen LogP contribution in [-0.2, 0) is 31.0 Å². The van der Waals surface area contributed by atoms with E-state index in [1.807, 2.05) is 38.1 Å². The van der Waals surface area contributed by atoms with Crippen LogP contribution in [0.25, 0.3) is 0 Å². The Morgan fingerprint density at radius 2 is 1.20 bits per heavy atom. The lowest BCUT2D eigenvalue weighted by molar-refractivity contribution is -0.340. The molecule has 0 unspecified atom stereocenters. The number of hydrogen-bond acceptors (Lipinski definition) is 7. The summed E-state index contributed by atoms with van der Waals surface area (Å²) in [5.74, 6) is -0.477. The maximum atomic E-state index is 14.1. The molecule has 55 heavy (non-hydrogen) atoms. The first-order valence-electron chi connectivity index (χ1n) is 18.4. The minimum atomic E-state index is -5.73. The molecule has 0 radical (unpaired) electrons. The van der Waals surface area contributed by atoms with E-state index in [0.29, 0.717) is 40.9 Å². The lowest BCUT2D eigenvalue weighted by Crippen LogP contribution is -2.35. The van der Waals surface area contributed by atoms with Crippen LogP contribution < -0.4 is 9.80 Å². The number of allylic oxidation sites excluding steroid dienone is 8. The van der Waals surface area contributed by atoms with Crippen LogP contribution in [0.1, 0.15) is 90.7 Å². The zero-order valence-corrected chi connectivity index (χ0v) is 37.9. The molecule has 0 saturated heterocycles. The molecule has 300 valence electrons. The normalized spacial score (nSPS) is 22.0. The fourth-order valence-corrected chi connectivity index (χ4v) is 10.2. The highest BCUT2D eigenvalue weighted by atomic mass is 127. The number of rotatable bonds is 12. The van der Waals surface area contributed by atoms with Gasteiger partial charge in [-0.3, -0.25) is 0 Å². The van der Waals surface area contributed by atoms with E-state index < -0.39 is 42.2 Å². The van der Waals surface area contributed by atoms with Gasteiger partial charge in [0.1, 0.15) is 0 Å². The van der Waals surface area contributed by atoms with Crippen LogP contribution in [0.3, 0.4) is 0 Å². The van der Waals surface area contributed by atoms with Crippen LogP contribution in [0.5, 0.6) is 0 Å². The van der Waals surface area contributed by atoms with Crippen molar-refractivity contribution >= 4 is 82.4 Å². The average molecular weight is 1030 g/mol. The van der Waals surface area contributed by atoms with E-state index in [2.05, 4.69) is 100 Å². The Hall–Kier alpha value is -2.22. The van der Waals surface area contributed by atoms with Crippen LogP contribution in [0, 0.1) is 7.14 Å². The summed E-state index contributed by atoms with van der Waals surface area (Å²) in [6, 6.07) is 12.4. The van der Waals surface area contributed by atoms with Gasteiger partial charge in [0.2, 0.25) is 5.71 Å². The maximum Gasteiger partial charge on any atom is 0.560 e. The van der Waals surface area contributed by atoms with Gasteiger partial charge in [0.15, 0.2) is 7.05 Å².